The molecule has 2 rings (SSSR count). The Morgan fingerprint density at radius 2 is 2.06 bits per heavy atom. The monoisotopic (exact) mass is 249 g/mol. The maximum Gasteiger partial charge on any atom is 0.127 e. The van der Waals surface area contributed by atoms with E-state index in [1.54, 1.807) is 14.2 Å². The van der Waals surface area contributed by atoms with Gasteiger partial charge in [-0.15, -0.1) is 0 Å². The van der Waals surface area contributed by atoms with Crippen LogP contribution < -0.4 is 14.8 Å². The minimum atomic E-state index is 0.838. The summed E-state index contributed by atoms with van der Waals surface area (Å²) in [5.74, 6) is 2.70. The molecule has 100 valence electrons. The number of hydrogen-bond donors (Lipinski definition) is 1. The Hall–Kier alpha value is -1.22. The molecule has 0 aromatic heterocycles. The van der Waals surface area contributed by atoms with E-state index in [-0.39, 0.29) is 0 Å². The van der Waals surface area contributed by atoms with Crippen molar-refractivity contribution in [2.24, 2.45) is 5.92 Å². The molecule has 1 aromatic rings. The van der Waals surface area contributed by atoms with E-state index >= 15 is 0 Å². The molecule has 1 N–H and O–H groups in total. The van der Waals surface area contributed by atoms with E-state index in [1.807, 2.05) is 12.1 Å². The van der Waals surface area contributed by atoms with Crippen LogP contribution in [0.5, 0.6) is 11.5 Å². The van der Waals surface area contributed by atoms with Gasteiger partial charge in [0.25, 0.3) is 0 Å². The third-order valence-electron chi connectivity index (χ3n) is 3.76. The van der Waals surface area contributed by atoms with Gasteiger partial charge < -0.3 is 14.8 Å². The van der Waals surface area contributed by atoms with Gasteiger partial charge in [0.15, 0.2) is 0 Å². The summed E-state index contributed by atoms with van der Waals surface area (Å²) in [5.41, 5.74) is 1.19. The van der Waals surface area contributed by atoms with Crippen LogP contribution in [-0.2, 0) is 6.54 Å². The fourth-order valence-electron chi connectivity index (χ4n) is 2.31. The molecule has 0 unspecified atom stereocenters. The molecular weight excluding hydrogens is 226 g/mol. The highest BCUT2D eigenvalue weighted by molar-refractivity contribution is 5.40. The summed E-state index contributed by atoms with van der Waals surface area (Å²) in [5, 5.41) is 3.49. The standard InChI is InChI=1S/C15H23NO2/c1-17-14-7-6-13(15(10-14)18-2)11-16-9-8-12-4-3-5-12/h6-7,10,12,16H,3-5,8-9,11H2,1-2H3. The van der Waals surface area contributed by atoms with Crippen LogP contribution in [0, 0.1) is 5.92 Å². The Labute approximate surface area is 109 Å². The van der Waals surface area contributed by atoms with Crippen molar-refractivity contribution in [2.45, 2.75) is 32.2 Å². The topological polar surface area (TPSA) is 30.5 Å². The van der Waals surface area contributed by atoms with Gasteiger partial charge in [-0.1, -0.05) is 25.3 Å². The van der Waals surface area contributed by atoms with E-state index < -0.39 is 0 Å². The van der Waals surface area contributed by atoms with E-state index in [0.717, 1.165) is 30.5 Å². The molecule has 3 heteroatoms. The van der Waals surface area contributed by atoms with Crippen molar-refractivity contribution in [1.82, 2.24) is 5.32 Å². The highest BCUT2D eigenvalue weighted by atomic mass is 16.5. The maximum atomic E-state index is 5.38. The highest BCUT2D eigenvalue weighted by Gasteiger charge is 2.16. The second-order valence-electron chi connectivity index (χ2n) is 4.94. The third kappa shape index (κ3) is 3.39. The molecule has 1 aliphatic carbocycles. The second kappa shape index (κ2) is 6.64. The first kappa shape index (κ1) is 13.2. The Morgan fingerprint density at radius 1 is 1.22 bits per heavy atom. The van der Waals surface area contributed by atoms with E-state index in [4.69, 9.17) is 9.47 Å². The van der Waals surface area contributed by atoms with Gasteiger partial charge in [-0.2, -0.15) is 0 Å². The average Bonchev–Trinajstić information content (AvgIpc) is 2.36. The van der Waals surface area contributed by atoms with Gasteiger partial charge in [-0.05, 0) is 24.9 Å². The Balaban J connectivity index is 1.80. The van der Waals surface area contributed by atoms with Crippen molar-refractivity contribution in [1.29, 1.82) is 0 Å². The molecule has 0 bridgehead atoms. The van der Waals surface area contributed by atoms with Crippen molar-refractivity contribution >= 4 is 0 Å². The zero-order valence-electron chi connectivity index (χ0n) is 11.4. The Kier molecular flexibility index (Phi) is 4.88. The van der Waals surface area contributed by atoms with E-state index in [2.05, 4.69) is 11.4 Å². The minimum Gasteiger partial charge on any atom is -0.497 e. The molecule has 1 aromatic carbocycles. The quantitative estimate of drug-likeness (QED) is 0.754. The van der Waals surface area contributed by atoms with Crippen LogP contribution in [0.4, 0.5) is 0 Å². The molecule has 1 fully saturated rings. The van der Waals surface area contributed by atoms with Crippen LogP contribution in [0.1, 0.15) is 31.2 Å². The molecule has 0 atom stereocenters. The molecule has 18 heavy (non-hydrogen) atoms. The molecule has 1 aliphatic rings. The summed E-state index contributed by atoms with van der Waals surface area (Å²) in [6, 6.07) is 5.97. The van der Waals surface area contributed by atoms with Crippen LogP contribution in [0.15, 0.2) is 18.2 Å². The fraction of sp³-hybridized carbons (Fsp3) is 0.600. The van der Waals surface area contributed by atoms with Gasteiger partial charge in [-0.3, -0.25) is 0 Å². The molecule has 0 radical (unpaired) electrons. The van der Waals surface area contributed by atoms with E-state index in [1.165, 1.54) is 31.2 Å². The third-order valence-corrected chi connectivity index (χ3v) is 3.76. The first-order chi connectivity index (χ1) is 8.83. The first-order valence-electron chi connectivity index (χ1n) is 6.75. The lowest BCUT2D eigenvalue weighted by Crippen LogP contribution is -2.21. The molecule has 0 aliphatic heterocycles. The molecule has 1 saturated carbocycles. The zero-order chi connectivity index (χ0) is 12.8. The van der Waals surface area contributed by atoms with Gasteiger partial charge in [0, 0.05) is 18.2 Å². The minimum absolute atomic E-state index is 0.838. The van der Waals surface area contributed by atoms with Crippen LogP contribution in [-0.4, -0.2) is 20.8 Å². The SMILES string of the molecule is COc1ccc(CNCCC2CCC2)c(OC)c1. The molecule has 0 heterocycles. The summed E-state index contributed by atoms with van der Waals surface area (Å²) < 4.78 is 10.6. The van der Waals surface area contributed by atoms with E-state index in [9.17, 15) is 0 Å². The predicted octanol–water partition coefficient (Wildman–Crippen LogP) is 2.98. The van der Waals surface area contributed by atoms with Gasteiger partial charge in [0.05, 0.1) is 14.2 Å². The van der Waals surface area contributed by atoms with Crippen LogP contribution in [0.25, 0.3) is 0 Å². The summed E-state index contributed by atoms with van der Waals surface area (Å²) in [6.07, 6.45) is 5.58. The first-order valence-corrected chi connectivity index (χ1v) is 6.75. The fourth-order valence-corrected chi connectivity index (χ4v) is 2.31. The van der Waals surface area contributed by atoms with Gasteiger partial charge in [0.1, 0.15) is 11.5 Å². The number of benzene rings is 1. The van der Waals surface area contributed by atoms with Crippen LogP contribution >= 0.6 is 0 Å². The lowest BCUT2D eigenvalue weighted by molar-refractivity contribution is 0.291. The number of nitrogens with one attached hydrogen (secondary N) is 1. The normalized spacial score (nSPS) is 15.2. The smallest absolute Gasteiger partial charge is 0.127 e. The van der Waals surface area contributed by atoms with Crippen molar-refractivity contribution in [3.63, 3.8) is 0 Å². The summed E-state index contributed by atoms with van der Waals surface area (Å²) in [7, 11) is 3.37. The van der Waals surface area contributed by atoms with Crippen molar-refractivity contribution < 1.29 is 9.47 Å². The second-order valence-corrected chi connectivity index (χ2v) is 4.94. The average molecular weight is 249 g/mol. The maximum absolute atomic E-state index is 5.38. The lowest BCUT2D eigenvalue weighted by atomic mass is 9.83. The highest BCUT2D eigenvalue weighted by Crippen LogP contribution is 2.29. The van der Waals surface area contributed by atoms with Crippen molar-refractivity contribution in [3.05, 3.63) is 23.8 Å². The largest absolute Gasteiger partial charge is 0.497 e. The predicted molar refractivity (Wildman–Crippen MR) is 73.2 cm³/mol. The number of rotatable bonds is 7. The molecule has 0 amide bonds. The Morgan fingerprint density at radius 3 is 2.67 bits per heavy atom. The lowest BCUT2D eigenvalue weighted by Gasteiger charge is -2.25. The number of hydrogen-bond acceptors (Lipinski definition) is 3. The summed E-state index contributed by atoms with van der Waals surface area (Å²) in [6.45, 7) is 1.96. The number of methoxy groups -OCH3 is 2. The molecule has 0 saturated heterocycles. The number of ether oxygens (including phenoxy) is 2. The molecule has 3 nitrogen and oxygen atoms in total. The Bertz CT molecular complexity index is 375. The van der Waals surface area contributed by atoms with E-state index in [0.29, 0.717) is 0 Å². The summed E-state index contributed by atoms with van der Waals surface area (Å²) >= 11 is 0. The zero-order valence-corrected chi connectivity index (χ0v) is 11.4. The van der Waals surface area contributed by atoms with Crippen LogP contribution in [0.2, 0.25) is 0 Å². The molecule has 0 spiro atoms. The molecular formula is C15H23NO2. The summed E-state index contributed by atoms with van der Waals surface area (Å²) in [4.78, 5) is 0. The van der Waals surface area contributed by atoms with Gasteiger partial charge in [0.2, 0.25) is 0 Å². The van der Waals surface area contributed by atoms with Crippen molar-refractivity contribution in [2.75, 3.05) is 20.8 Å². The van der Waals surface area contributed by atoms with Gasteiger partial charge in [-0.25, -0.2) is 0 Å². The van der Waals surface area contributed by atoms with Crippen LogP contribution in [0.3, 0.4) is 0 Å². The van der Waals surface area contributed by atoms with Gasteiger partial charge >= 0.3 is 0 Å². The van der Waals surface area contributed by atoms with Crippen molar-refractivity contribution in [3.8, 4) is 11.5 Å².